The number of aryl methyl sites for hydroxylation is 2. The first-order valence-corrected chi connectivity index (χ1v) is 8.07. The van der Waals surface area contributed by atoms with Crippen molar-refractivity contribution in [2.75, 3.05) is 0 Å². The molecule has 0 spiro atoms. The van der Waals surface area contributed by atoms with Gasteiger partial charge in [0.2, 0.25) is 0 Å². The van der Waals surface area contributed by atoms with Crippen LogP contribution in [0, 0.1) is 12.8 Å². The van der Waals surface area contributed by atoms with Gasteiger partial charge in [0.05, 0.1) is 17.9 Å². The molecule has 1 aliphatic heterocycles. The van der Waals surface area contributed by atoms with Gasteiger partial charge in [-0.15, -0.1) is 0 Å². The summed E-state index contributed by atoms with van der Waals surface area (Å²) in [5.41, 5.74) is 3.29. The molecule has 0 saturated carbocycles. The van der Waals surface area contributed by atoms with Crippen LogP contribution < -0.4 is 0 Å². The minimum absolute atomic E-state index is 0.0380. The van der Waals surface area contributed by atoms with Crippen molar-refractivity contribution in [3.63, 3.8) is 0 Å². The van der Waals surface area contributed by atoms with Crippen molar-refractivity contribution < 1.29 is 9.32 Å². The highest BCUT2D eigenvalue weighted by molar-refractivity contribution is 5.96. The number of hydrogen-bond acceptors (Lipinski definition) is 5. The van der Waals surface area contributed by atoms with E-state index in [4.69, 9.17) is 4.52 Å². The Labute approximate surface area is 135 Å². The van der Waals surface area contributed by atoms with E-state index in [0.29, 0.717) is 36.8 Å². The van der Waals surface area contributed by atoms with Crippen molar-refractivity contribution in [1.29, 1.82) is 0 Å². The first-order valence-electron chi connectivity index (χ1n) is 8.07. The Hall–Kier alpha value is -2.24. The van der Waals surface area contributed by atoms with Crippen LogP contribution in [0.3, 0.4) is 0 Å². The smallest absolute Gasteiger partial charge is 0.260 e. The zero-order chi connectivity index (χ0) is 16.6. The van der Waals surface area contributed by atoms with E-state index in [-0.39, 0.29) is 5.91 Å². The third-order valence-corrected chi connectivity index (χ3v) is 4.07. The molecule has 3 heterocycles. The molecule has 6 heteroatoms. The molecule has 0 N–H and O–H groups in total. The highest BCUT2D eigenvalue weighted by atomic mass is 16.5. The maximum atomic E-state index is 12.8. The number of hydrogen-bond donors (Lipinski definition) is 0. The molecule has 0 atom stereocenters. The number of carbonyl (C=O) groups is 1. The molecule has 0 saturated heterocycles. The standard InChI is InChI=1S/C17H22N4O2/c1-5-13-16(11(4)23-20-13)17(22)21-8-12-7-18-15(6-10(2)3)19-14(12)9-21/h7,10H,5-6,8-9H2,1-4H3. The summed E-state index contributed by atoms with van der Waals surface area (Å²) in [4.78, 5) is 23.7. The summed E-state index contributed by atoms with van der Waals surface area (Å²) in [5.74, 6) is 1.90. The Balaban J connectivity index is 1.81. The second-order valence-electron chi connectivity index (χ2n) is 6.43. The Kier molecular flexibility index (Phi) is 4.15. The zero-order valence-corrected chi connectivity index (χ0v) is 14.1. The largest absolute Gasteiger partial charge is 0.361 e. The molecule has 122 valence electrons. The summed E-state index contributed by atoms with van der Waals surface area (Å²) in [7, 11) is 0. The van der Waals surface area contributed by atoms with Crippen LogP contribution in [0.25, 0.3) is 0 Å². The van der Waals surface area contributed by atoms with Gasteiger partial charge in [-0.3, -0.25) is 4.79 Å². The van der Waals surface area contributed by atoms with Gasteiger partial charge >= 0.3 is 0 Å². The molecule has 0 fully saturated rings. The van der Waals surface area contributed by atoms with Gasteiger partial charge < -0.3 is 9.42 Å². The second-order valence-corrected chi connectivity index (χ2v) is 6.43. The predicted octanol–water partition coefficient (Wildman–Crippen LogP) is 2.69. The van der Waals surface area contributed by atoms with Crippen molar-refractivity contribution in [1.82, 2.24) is 20.0 Å². The van der Waals surface area contributed by atoms with Crippen molar-refractivity contribution in [3.8, 4) is 0 Å². The van der Waals surface area contributed by atoms with Crippen LogP contribution in [-0.4, -0.2) is 25.9 Å². The molecular weight excluding hydrogens is 292 g/mol. The van der Waals surface area contributed by atoms with Crippen LogP contribution in [0.2, 0.25) is 0 Å². The van der Waals surface area contributed by atoms with E-state index >= 15 is 0 Å². The Morgan fingerprint density at radius 1 is 1.39 bits per heavy atom. The Morgan fingerprint density at radius 2 is 2.17 bits per heavy atom. The average Bonchev–Trinajstić information content (AvgIpc) is 3.08. The van der Waals surface area contributed by atoms with E-state index in [9.17, 15) is 4.79 Å². The van der Waals surface area contributed by atoms with Gasteiger partial charge in [0, 0.05) is 24.7 Å². The van der Waals surface area contributed by atoms with Crippen LogP contribution in [0.5, 0.6) is 0 Å². The molecule has 3 rings (SSSR count). The SMILES string of the molecule is CCc1noc(C)c1C(=O)N1Cc2cnc(CC(C)C)nc2C1. The maximum absolute atomic E-state index is 12.8. The monoisotopic (exact) mass is 314 g/mol. The Bertz CT molecular complexity index is 736. The van der Waals surface area contributed by atoms with Gasteiger partial charge in [-0.1, -0.05) is 25.9 Å². The first kappa shape index (κ1) is 15.6. The summed E-state index contributed by atoms with van der Waals surface area (Å²) < 4.78 is 5.18. The molecule has 0 aromatic carbocycles. The van der Waals surface area contributed by atoms with Gasteiger partial charge in [-0.25, -0.2) is 9.97 Å². The molecule has 0 unspecified atom stereocenters. The molecule has 0 radical (unpaired) electrons. The number of aromatic nitrogens is 3. The van der Waals surface area contributed by atoms with E-state index in [1.165, 1.54) is 0 Å². The summed E-state index contributed by atoms with van der Waals surface area (Å²) in [6, 6.07) is 0. The molecule has 2 aromatic heterocycles. The van der Waals surface area contributed by atoms with Crippen LogP contribution in [-0.2, 0) is 25.9 Å². The van der Waals surface area contributed by atoms with Gasteiger partial charge in [-0.05, 0) is 19.3 Å². The van der Waals surface area contributed by atoms with E-state index in [1.807, 2.05) is 13.1 Å². The molecule has 0 aliphatic carbocycles. The van der Waals surface area contributed by atoms with Crippen LogP contribution in [0.15, 0.2) is 10.7 Å². The highest BCUT2D eigenvalue weighted by Gasteiger charge is 2.30. The lowest BCUT2D eigenvalue weighted by Crippen LogP contribution is -2.26. The van der Waals surface area contributed by atoms with Crippen molar-refractivity contribution in [3.05, 3.63) is 40.3 Å². The first-order chi connectivity index (χ1) is 11.0. The van der Waals surface area contributed by atoms with Crippen molar-refractivity contribution in [2.24, 2.45) is 5.92 Å². The maximum Gasteiger partial charge on any atom is 0.260 e. The minimum Gasteiger partial charge on any atom is -0.361 e. The quantitative estimate of drug-likeness (QED) is 0.867. The molecule has 6 nitrogen and oxygen atoms in total. The molecule has 23 heavy (non-hydrogen) atoms. The number of amides is 1. The van der Waals surface area contributed by atoms with Crippen LogP contribution in [0.1, 0.15) is 59.7 Å². The normalized spacial score (nSPS) is 13.7. The molecule has 1 aliphatic rings. The molecular formula is C17H22N4O2. The fraction of sp³-hybridized carbons (Fsp3) is 0.529. The lowest BCUT2D eigenvalue weighted by molar-refractivity contribution is 0.0747. The number of nitrogens with zero attached hydrogens (tertiary/aromatic N) is 4. The van der Waals surface area contributed by atoms with Gasteiger partial charge in [0.1, 0.15) is 17.1 Å². The number of rotatable bonds is 4. The van der Waals surface area contributed by atoms with Crippen molar-refractivity contribution in [2.45, 2.75) is 53.6 Å². The second kappa shape index (κ2) is 6.10. The summed E-state index contributed by atoms with van der Waals surface area (Å²) in [5, 5.41) is 3.97. The number of carbonyl (C=O) groups excluding carboxylic acids is 1. The molecule has 1 amide bonds. The Morgan fingerprint density at radius 3 is 2.87 bits per heavy atom. The molecule has 2 aromatic rings. The van der Waals surface area contributed by atoms with Crippen LogP contribution >= 0.6 is 0 Å². The number of fused-ring (bicyclic) bond motifs is 1. The third-order valence-electron chi connectivity index (χ3n) is 4.07. The topological polar surface area (TPSA) is 72.1 Å². The molecule has 0 bridgehead atoms. The van der Waals surface area contributed by atoms with Gasteiger partial charge in [0.25, 0.3) is 5.91 Å². The minimum atomic E-state index is -0.0380. The van der Waals surface area contributed by atoms with E-state index in [0.717, 1.165) is 29.2 Å². The van der Waals surface area contributed by atoms with E-state index < -0.39 is 0 Å². The van der Waals surface area contributed by atoms with Crippen LogP contribution in [0.4, 0.5) is 0 Å². The predicted molar refractivity (Wildman–Crippen MR) is 84.8 cm³/mol. The lowest BCUT2D eigenvalue weighted by Gasteiger charge is -2.14. The summed E-state index contributed by atoms with van der Waals surface area (Å²) in [6.45, 7) is 9.11. The van der Waals surface area contributed by atoms with Gasteiger partial charge in [0.15, 0.2) is 0 Å². The highest BCUT2D eigenvalue weighted by Crippen LogP contribution is 2.25. The fourth-order valence-electron chi connectivity index (χ4n) is 2.89. The summed E-state index contributed by atoms with van der Waals surface area (Å²) >= 11 is 0. The fourth-order valence-corrected chi connectivity index (χ4v) is 2.89. The van der Waals surface area contributed by atoms with E-state index in [2.05, 4.69) is 29.0 Å². The van der Waals surface area contributed by atoms with Crippen molar-refractivity contribution >= 4 is 5.91 Å². The average molecular weight is 314 g/mol. The van der Waals surface area contributed by atoms with Gasteiger partial charge in [-0.2, -0.15) is 0 Å². The lowest BCUT2D eigenvalue weighted by atomic mass is 10.1. The third kappa shape index (κ3) is 2.98. The zero-order valence-electron chi connectivity index (χ0n) is 14.1. The van der Waals surface area contributed by atoms with E-state index in [1.54, 1.807) is 11.8 Å². The summed E-state index contributed by atoms with van der Waals surface area (Å²) in [6.07, 6.45) is 3.39.